The van der Waals surface area contributed by atoms with Crippen molar-refractivity contribution in [3.63, 3.8) is 0 Å². The number of nitrogens with two attached hydrogens (primary N) is 1. The van der Waals surface area contributed by atoms with E-state index >= 15 is 0 Å². The van der Waals surface area contributed by atoms with Crippen LogP contribution in [0.25, 0.3) is 0 Å². The Hall–Kier alpha value is -1.26. The number of aryl methyl sites for hydroxylation is 2. The lowest BCUT2D eigenvalue weighted by Crippen LogP contribution is -2.15. The standard InChI is InChI=1S/C13H17N/c1-4-13(14)8-7-12-6-5-10(2)11(3)9-12/h5-6,9,13H,4,14H2,1-3H3. The first-order valence-electron chi connectivity index (χ1n) is 4.98. The minimum atomic E-state index is -0.00314. The number of hydrogen-bond acceptors (Lipinski definition) is 1. The molecule has 1 nitrogen and oxygen atoms in total. The Morgan fingerprint density at radius 1 is 1.29 bits per heavy atom. The molecule has 1 rings (SSSR count). The lowest BCUT2D eigenvalue weighted by Gasteiger charge is -2.00. The van der Waals surface area contributed by atoms with Crippen LogP contribution in [0.4, 0.5) is 0 Å². The Bertz CT molecular complexity index is 369. The van der Waals surface area contributed by atoms with Crippen LogP contribution in [0.1, 0.15) is 30.0 Å². The fourth-order valence-electron chi connectivity index (χ4n) is 1.10. The molecule has 1 aromatic rings. The quantitative estimate of drug-likeness (QED) is 0.671. The van der Waals surface area contributed by atoms with Gasteiger partial charge in [0.2, 0.25) is 0 Å². The van der Waals surface area contributed by atoms with Crippen molar-refractivity contribution in [1.82, 2.24) is 0 Å². The second kappa shape index (κ2) is 4.83. The van der Waals surface area contributed by atoms with Crippen LogP contribution in [0.3, 0.4) is 0 Å². The highest BCUT2D eigenvalue weighted by Crippen LogP contribution is 2.08. The van der Waals surface area contributed by atoms with Gasteiger partial charge in [0.05, 0.1) is 6.04 Å². The summed E-state index contributed by atoms with van der Waals surface area (Å²) in [5.74, 6) is 6.11. The molecule has 0 fully saturated rings. The Balaban J connectivity index is 2.86. The average Bonchev–Trinajstić information content (AvgIpc) is 2.19. The largest absolute Gasteiger partial charge is 0.318 e. The molecule has 1 aromatic carbocycles. The summed E-state index contributed by atoms with van der Waals surface area (Å²) in [4.78, 5) is 0. The third-order valence-electron chi connectivity index (χ3n) is 2.35. The monoisotopic (exact) mass is 187 g/mol. The predicted octanol–water partition coefficient (Wildman–Crippen LogP) is 2.39. The SMILES string of the molecule is CCC(N)C#Cc1ccc(C)c(C)c1. The first-order valence-corrected chi connectivity index (χ1v) is 4.98. The van der Waals surface area contributed by atoms with Crippen molar-refractivity contribution in [2.75, 3.05) is 0 Å². The lowest BCUT2D eigenvalue weighted by atomic mass is 10.1. The van der Waals surface area contributed by atoms with Gasteiger partial charge in [-0.15, -0.1) is 0 Å². The summed E-state index contributed by atoms with van der Waals surface area (Å²) >= 11 is 0. The molecule has 2 N–H and O–H groups in total. The summed E-state index contributed by atoms with van der Waals surface area (Å²) in [6.07, 6.45) is 0.901. The van der Waals surface area contributed by atoms with Gasteiger partial charge in [0, 0.05) is 5.56 Å². The van der Waals surface area contributed by atoms with Crippen LogP contribution >= 0.6 is 0 Å². The maximum Gasteiger partial charge on any atom is 0.0665 e. The van der Waals surface area contributed by atoms with Gasteiger partial charge in [-0.3, -0.25) is 0 Å². The molecule has 0 bridgehead atoms. The van der Waals surface area contributed by atoms with E-state index in [0.29, 0.717) is 0 Å². The van der Waals surface area contributed by atoms with Crippen molar-refractivity contribution >= 4 is 0 Å². The molecule has 14 heavy (non-hydrogen) atoms. The molecule has 0 radical (unpaired) electrons. The van der Waals surface area contributed by atoms with E-state index in [-0.39, 0.29) is 6.04 Å². The van der Waals surface area contributed by atoms with Crippen LogP contribution < -0.4 is 5.73 Å². The summed E-state index contributed by atoms with van der Waals surface area (Å²) in [5.41, 5.74) is 9.35. The van der Waals surface area contributed by atoms with Crippen molar-refractivity contribution in [3.8, 4) is 11.8 Å². The van der Waals surface area contributed by atoms with Gasteiger partial charge in [-0.2, -0.15) is 0 Å². The Kier molecular flexibility index (Phi) is 3.73. The van der Waals surface area contributed by atoms with E-state index < -0.39 is 0 Å². The lowest BCUT2D eigenvalue weighted by molar-refractivity contribution is 0.806. The molecule has 0 saturated heterocycles. The summed E-state index contributed by atoms with van der Waals surface area (Å²) in [6, 6.07) is 6.23. The van der Waals surface area contributed by atoms with Crippen LogP contribution in [-0.4, -0.2) is 6.04 Å². The Morgan fingerprint density at radius 3 is 2.57 bits per heavy atom. The maximum atomic E-state index is 5.72. The zero-order valence-corrected chi connectivity index (χ0v) is 9.09. The fourth-order valence-corrected chi connectivity index (χ4v) is 1.10. The Labute approximate surface area is 86.3 Å². The molecule has 74 valence electrons. The summed E-state index contributed by atoms with van der Waals surface area (Å²) < 4.78 is 0. The zero-order chi connectivity index (χ0) is 10.6. The van der Waals surface area contributed by atoms with Crippen molar-refractivity contribution in [1.29, 1.82) is 0 Å². The van der Waals surface area contributed by atoms with Gasteiger partial charge in [0.15, 0.2) is 0 Å². The van der Waals surface area contributed by atoms with E-state index in [0.717, 1.165) is 12.0 Å². The molecule has 0 saturated carbocycles. The van der Waals surface area contributed by atoms with Crippen LogP contribution in [0.2, 0.25) is 0 Å². The van der Waals surface area contributed by atoms with Crippen molar-refractivity contribution in [3.05, 3.63) is 34.9 Å². The normalized spacial score (nSPS) is 11.7. The van der Waals surface area contributed by atoms with Crippen molar-refractivity contribution in [2.45, 2.75) is 33.2 Å². The van der Waals surface area contributed by atoms with Crippen molar-refractivity contribution < 1.29 is 0 Å². The minimum Gasteiger partial charge on any atom is -0.318 e. The number of benzene rings is 1. The zero-order valence-electron chi connectivity index (χ0n) is 9.09. The van der Waals surface area contributed by atoms with E-state index in [1.54, 1.807) is 0 Å². The molecule has 0 aliphatic rings. The molecule has 0 amide bonds. The molecular weight excluding hydrogens is 170 g/mol. The fraction of sp³-hybridized carbons (Fsp3) is 0.385. The number of rotatable bonds is 1. The maximum absolute atomic E-state index is 5.72. The summed E-state index contributed by atoms with van der Waals surface area (Å²) in [7, 11) is 0. The molecule has 0 spiro atoms. The number of hydrogen-bond donors (Lipinski definition) is 1. The first-order chi connectivity index (χ1) is 6.63. The van der Waals surface area contributed by atoms with Gasteiger partial charge in [-0.25, -0.2) is 0 Å². The second-order valence-electron chi connectivity index (χ2n) is 3.58. The molecule has 1 unspecified atom stereocenters. The van der Waals surface area contributed by atoms with Gasteiger partial charge in [0.25, 0.3) is 0 Å². The highest BCUT2D eigenvalue weighted by atomic mass is 14.6. The molecule has 0 aromatic heterocycles. The van der Waals surface area contributed by atoms with Gasteiger partial charge >= 0.3 is 0 Å². The predicted molar refractivity (Wildman–Crippen MR) is 61.1 cm³/mol. The van der Waals surface area contributed by atoms with Crippen LogP contribution in [0.5, 0.6) is 0 Å². The molecule has 0 aliphatic carbocycles. The molecule has 0 aliphatic heterocycles. The van der Waals surface area contributed by atoms with Crippen LogP contribution in [0.15, 0.2) is 18.2 Å². The minimum absolute atomic E-state index is 0.00314. The molecule has 0 heterocycles. The van der Waals surface area contributed by atoms with Gasteiger partial charge in [-0.05, 0) is 43.5 Å². The van der Waals surface area contributed by atoms with Crippen molar-refractivity contribution in [2.24, 2.45) is 5.73 Å². The highest BCUT2D eigenvalue weighted by Gasteiger charge is 1.94. The average molecular weight is 187 g/mol. The molecule has 1 atom stereocenters. The van der Waals surface area contributed by atoms with Gasteiger partial charge < -0.3 is 5.73 Å². The van der Waals surface area contributed by atoms with Crippen LogP contribution in [-0.2, 0) is 0 Å². The summed E-state index contributed by atoms with van der Waals surface area (Å²) in [5, 5.41) is 0. The Morgan fingerprint density at radius 2 is 2.00 bits per heavy atom. The smallest absolute Gasteiger partial charge is 0.0665 e. The van der Waals surface area contributed by atoms with E-state index in [4.69, 9.17) is 5.73 Å². The van der Waals surface area contributed by atoms with E-state index in [1.165, 1.54) is 11.1 Å². The highest BCUT2D eigenvalue weighted by molar-refractivity contribution is 5.40. The van der Waals surface area contributed by atoms with E-state index in [9.17, 15) is 0 Å². The van der Waals surface area contributed by atoms with Gasteiger partial charge in [0.1, 0.15) is 0 Å². The summed E-state index contributed by atoms with van der Waals surface area (Å²) in [6.45, 7) is 6.24. The second-order valence-corrected chi connectivity index (χ2v) is 3.58. The first kappa shape index (κ1) is 10.8. The topological polar surface area (TPSA) is 26.0 Å². The van der Waals surface area contributed by atoms with E-state index in [2.05, 4.69) is 37.8 Å². The third-order valence-corrected chi connectivity index (χ3v) is 2.35. The van der Waals surface area contributed by atoms with Gasteiger partial charge in [-0.1, -0.05) is 24.8 Å². The van der Waals surface area contributed by atoms with E-state index in [1.807, 2.05) is 13.0 Å². The molecular formula is C13H17N. The van der Waals surface area contributed by atoms with Crippen LogP contribution in [0, 0.1) is 25.7 Å². The third kappa shape index (κ3) is 2.90. The molecule has 1 heteroatoms.